The number of hydrogen-bond donors (Lipinski definition) is 1. The molecule has 1 N–H and O–H groups in total. The number of nitrogens with zero attached hydrogens (tertiary/aromatic N) is 1. The van der Waals surface area contributed by atoms with Gasteiger partial charge in [-0.3, -0.25) is 9.59 Å². The van der Waals surface area contributed by atoms with E-state index in [2.05, 4.69) is 5.32 Å². The average molecular weight is 475 g/mol. The fourth-order valence-electron chi connectivity index (χ4n) is 4.13. The summed E-state index contributed by atoms with van der Waals surface area (Å²) in [6.07, 6.45) is 0. The highest BCUT2D eigenvalue weighted by atomic mass is 35.5. The summed E-state index contributed by atoms with van der Waals surface area (Å²) >= 11 is 6.27. The Kier molecular flexibility index (Phi) is 8.08. The molecule has 0 unspecified atom stereocenters. The Labute approximate surface area is 200 Å². The Morgan fingerprint density at radius 1 is 1.06 bits per heavy atom. The lowest BCUT2D eigenvalue weighted by molar-refractivity contribution is -0.125. The molecule has 0 radical (unpaired) electrons. The highest BCUT2D eigenvalue weighted by molar-refractivity contribution is 6.33. The fraction of sp³-hybridized carbons (Fsp3) is 0.440. The molecule has 178 valence electrons. The predicted molar refractivity (Wildman–Crippen MR) is 128 cm³/mol. The second-order valence-corrected chi connectivity index (χ2v) is 8.91. The molecular weight excluding hydrogens is 444 g/mol. The van der Waals surface area contributed by atoms with Gasteiger partial charge in [-0.1, -0.05) is 37.6 Å². The molecule has 1 aliphatic heterocycles. The van der Waals surface area contributed by atoms with Crippen molar-refractivity contribution in [3.8, 4) is 17.2 Å². The van der Waals surface area contributed by atoms with Gasteiger partial charge in [-0.15, -0.1) is 0 Å². The quantitative estimate of drug-likeness (QED) is 0.626. The number of ether oxygens (including phenoxy) is 3. The third-order valence-corrected chi connectivity index (χ3v) is 6.18. The summed E-state index contributed by atoms with van der Waals surface area (Å²) in [5, 5.41) is 3.41. The van der Waals surface area contributed by atoms with Crippen LogP contribution in [0.3, 0.4) is 0 Å². The van der Waals surface area contributed by atoms with Crippen molar-refractivity contribution in [1.82, 2.24) is 10.2 Å². The van der Waals surface area contributed by atoms with Crippen LogP contribution in [0.2, 0.25) is 5.02 Å². The van der Waals surface area contributed by atoms with Crippen molar-refractivity contribution in [2.45, 2.75) is 19.8 Å². The van der Waals surface area contributed by atoms with Crippen molar-refractivity contribution >= 4 is 23.4 Å². The van der Waals surface area contributed by atoms with Crippen molar-refractivity contribution in [1.29, 1.82) is 0 Å². The van der Waals surface area contributed by atoms with Crippen LogP contribution in [0.25, 0.3) is 0 Å². The second-order valence-electron chi connectivity index (χ2n) is 8.50. The lowest BCUT2D eigenvalue weighted by atomic mass is 9.87. The molecule has 2 aromatic rings. The first-order valence-corrected chi connectivity index (χ1v) is 11.3. The molecule has 1 saturated heterocycles. The van der Waals surface area contributed by atoms with Crippen molar-refractivity contribution in [3.63, 3.8) is 0 Å². The Hall–Kier alpha value is -2.93. The maximum Gasteiger partial charge on any atom is 0.255 e. The number of hydrogen-bond acceptors (Lipinski definition) is 5. The zero-order valence-electron chi connectivity index (χ0n) is 19.7. The number of amides is 2. The first-order valence-electron chi connectivity index (χ1n) is 10.9. The van der Waals surface area contributed by atoms with Crippen LogP contribution < -0.4 is 19.5 Å². The van der Waals surface area contributed by atoms with Gasteiger partial charge in [0.2, 0.25) is 11.7 Å². The van der Waals surface area contributed by atoms with E-state index in [-0.39, 0.29) is 24.3 Å². The summed E-state index contributed by atoms with van der Waals surface area (Å²) in [5.74, 6) is 0.833. The summed E-state index contributed by atoms with van der Waals surface area (Å²) in [5.41, 5.74) is 1.26. The SMILES string of the molecule is COc1cc([C@H]2CN(C(=O)c3ccccc3Cl)C[C@@H]2C(=O)NCC(C)C)cc(OC)c1OC. The molecule has 0 spiro atoms. The molecular formula is C25H31ClN2O5. The van der Waals surface area contributed by atoms with Crippen molar-refractivity contribution in [2.75, 3.05) is 41.0 Å². The minimum atomic E-state index is -0.432. The molecule has 1 fully saturated rings. The van der Waals surface area contributed by atoms with Crippen molar-refractivity contribution in [3.05, 3.63) is 52.5 Å². The minimum Gasteiger partial charge on any atom is -0.493 e. The molecule has 0 aromatic heterocycles. The Balaban J connectivity index is 1.98. The summed E-state index contributed by atoms with van der Waals surface area (Å²) in [7, 11) is 4.65. The molecule has 2 aromatic carbocycles. The number of halogens is 1. The van der Waals surface area contributed by atoms with Crippen LogP contribution in [0.1, 0.15) is 35.7 Å². The van der Waals surface area contributed by atoms with E-state index in [1.165, 1.54) is 0 Å². The number of nitrogens with one attached hydrogen (secondary N) is 1. The largest absolute Gasteiger partial charge is 0.493 e. The van der Waals surface area contributed by atoms with Gasteiger partial charge in [-0.2, -0.15) is 0 Å². The van der Waals surface area contributed by atoms with Gasteiger partial charge in [-0.05, 0) is 35.7 Å². The van der Waals surface area contributed by atoms with Crippen LogP contribution in [-0.2, 0) is 4.79 Å². The van der Waals surface area contributed by atoms with E-state index >= 15 is 0 Å². The molecule has 2 atom stereocenters. The molecule has 8 heteroatoms. The van der Waals surface area contributed by atoms with Gasteiger partial charge >= 0.3 is 0 Å². The number of likely N-dealkylation sites (tertiary alicyclic amines) is 1. The molecule has 0 bridgehead atoms. The summed E-state index contributed by atoms with van der Waals surface area (Å²) < 4.78 is 16.5. The second kappa shape index (κ2) is 10.8. The van der Waals surface area contributed by atoms with Gasteiger partial charge in [0, 0.05) is 25.6 Å². The predicted octanol–water partition coefficient (Wildman–Crippen LogP) is 3.99. The molecule has 33 heavy (non-hydrogen) atoms. The van der Waals surface area contributed by atoms with Crippen molar-refractivity contribution < 1.29 is 23.8 Å². The molecule has 1 aliphatic rings. The molecule has 2 amide bonds. The third kappa shape index (κ3) is 5.36. The van der Waals surface area contributed by atoms with Gasteiger partial charge in [0.15, 0.2) is 11.5 Å². The molecule has 0 aliphatic carbocycles. The van der Waals surface area contributed by atoms with E-state index in [0.29, 0.717) is 46.8 Å². The smallest absolute Gasteiger partial charge is 0.255 e. The number of carbonyl (C=O) groups excluding carboxylic acids is 2. The zero-order chi connectivity index (χ0) is 24.1. The summed E-state index contributed by atoms with van der Waals surface area (Å²) in [6, 6.07) is 10.6. The highest BCUT2D eigenvalue weighted by Crippen LogP contribution is 2.43. The topological polar surface area (TPSA) is 77.1 Å². The number of methoxy groups -OCH3 is 3. The number of benzene rings is 2. The first-order chi connectivity index (χ1) is 15.8. The highest BCUT2D eigenvalue weighted by Gasteiger charge is 2.41. The minimum absolute atomic E-state index is 0.0862. The van der Waals surface area contributed by atoms with E-state index in [0.717, 1.165) is 5.56 Å². The van der Waals surface area contributed by atoms with Crippen LogP contribution in [0.15, 0.2) is 36.4 Å². The number of rotatable bonds is 8. The molecule has 1 heterocycles. The van der Waals surface area contributed by atoms with Gasteiger partial charge in [0.1, 0.15) is 0 Å². The van der Waals surface area contributed by atoms with Crippen LogP contribution in [0.4, 0.5) is 0 Å². The van der Waals surface area contributed by atoms with Gasteiger partial charge in [-0.25, -0.2) is 0 Å². The lowest BCUT2D eigenvalue weighted by Crippen LogP contribution is -2.37. The van der Waals surface area contributed by atoms with Gasteiger partial charge < -0.3 is 24.4 Å². The standard InChI is InChI=1S/C25H31ClN2O5/c1-15(2)12-27-24(29)19-14-28(25(30)17-8-6-7-9-20(17)26)13-18(19)16-10-21(31-3)23(33-5)22(11-16)32-4/h6-11,15,18-19H,12-14H2,1-5H3,(H,27,29)/t18-,19+/m1/s1. The lowest BCUT2D eigenvalue weighted by Gasteiger charge is -2.21. The van der Waals surface area contributed by atoms with E-state index < -0.39 is 5.92 Å². The average Bonchev–Trinajstić information content (AvgIpc) is 3.27. The van der Waals surface area contributed by atoms with E-state index in [1.54, 1.807) is 50.5 Å². The van der Waals surface area contributed by atoms with E-state index in [1.807, 2.05) is 26.0 Å². The van der Waals surface area contributed by atoms with Crippen LogP contribution in [0.5, 0.6) is 17.2 Å². The third-order valence-electron chi connectivity index (χ3n) is 5.85. The van der Waals surface area contributed by atoms with Gasteiger partial charge in [0.25, 0.3) is 5.91 Å². The van der Waals surface area contributed by atoms with E-state index in [9.17, 15) is 9.59 Å². The Morgan fingerprint density at radius 3 is 2.24 bits per heavy atom. The molecule has 3 rings (SSSR count). The zero-order valence-corrected chi connectivity index (χ0v) is 20.4. The van der Waals surface area contributed by atoms with Crippen LogP contribution >= 0.6 is 11.6 Å². The maximum atomic E-state index is 13.3. The monoisotopic (exact) mass is 474 g/mol. The van der Waals surface area contributed by atoms with Crippen LogP contribution in [0, 0.1) is 11.8 Å². The van der Waals surface area contributed by atoms with Gasteiger partial charge in [0.05, 0.1) is 37.8 Å². The number of carbonyl (C=O) groups is 2. The van der Waals surface area contributed by atoms with Crippen molar-refractivity contribution in [2.24, 2.45) is 11.8 Å². The summed E-state index contributed by atoms with van der Waals surface area (Å²) in [4.78, 5) is 28.1. The molecule has 7 nitrogen and oxygen atoms in total. The Bertz CT molecular complexity index is 985. The van der Waals surface area contributed by atoms with E-state index in [4.69, 9.17) is 25.8 Å². The Morgan fingerprint density at radius 2 is 1.70 bits per heavy atom. The fourth-order valence-corrected chi connectivity index (χ4v) is 4.35. The first kappa shape index (κ1) is 24.7. The summed E-state index contributed by atoms with van der Waals surface area (Å²) in [6.45, 7) is 5.30. The molecule has 0 saturated carbocycles. The maximum absolute atomic E-state index is 13.3. The normalized spacial score (nSPS) is 17.7. The van der Waals surface area contributed by atoms with Crippen LogP contribution in [-0.4, -0.2) is 57.7 Å².